The Kier molecular flexibility index (Phi) is 9.62. The minimum atomic E-state index is -0.422. The molecule has 1 aromatic carbocycles. The van der Waals surface area contributed by atoms with Gasteiger partial charge in [0.15, 0.2) is 0 Å². The Balaban J connectivity index is 1.23. The van der Waals surface area contributed by atoms with E-state index in [1.54, 1.807) is 18.1 Å². The number of ether oxygens (including phenoxy) is 2. The van der Waals surface area contributed by atoms with Crippen LogP contribution in [-0.4, -0.2) is 107 Å². The summed E-state index contributed by atoms with van der Waals surface area (Å²) in [5, 5.41) is 0. The number of nitrogens with zero attached hydrogens (tertiary/aromatic N) is 5. The van der Waals surface area contributed by atoms with Crippen molar-refractivity contribution >= 4 is 11.4 Å². The lowest BCUT2D eigenvalue weighted by Gasteiger charge is -2.46. The molecule has 9 heteroatoms. The molecule has 1 amide bonds. The van der Waals surface area contributed by atoms with E-state index in [1.807, 2.05) is 27.0 Å². The summed E-state index contributed by atoms with van der Waals surface area (Å²) >= 11 is 0. The third-order valence-electron chi connectivity index (χ3n) is 10.3. The van der Waals surface area contributed by atoms with Crippen LogP contribution in [0.15, 0.2) is 36.7 Å². The van der Waals surface area contributed by atoms with Crippen LogP contribution in [0.25, 0.3) is 16.6 Å². The third-order valence-corrected chi connectivity index (χ3v) is 10.3. The molecule has 2 bridgehead atoms. The van der Waals surface area contributed by atoms with Gasteiger partial charge in [0.05, 0.1) is 36.6 Å². The van der Waals surface area contributed by atoms with Crippen LogP contribution in [0.5, 0.6) is 0 Å². The summed E-state index contributed by atoms with van der Waals surface area (Å²) in [7, 11) is 1.62. The van der Waals surface area contributed by atoms with Gasteiger partial charge in [-0.15, -0.1) is 0 Å². The molecule has 3 aromatic rings. The van der Waals surface area contributed by atoms with Gasteiger partial charge in [-0.25, -0.2) is 9.37 Å². The van der Waals surface area contributed by atoms with Crippen molar-refractivity contribution in [1.82, 2.24) is 24.1 Å². The van der Waals surface area contributed by atoms with Crippen molar-refractivity contribution in [3.63, 3.8) is 0 Å². The smallest absolute Gasteiger partial charge is 0.254 e. The maximum atomic E-state index is 14.7. The molecule has 5 heterocycles. The van der Waals surface area contributed by atoms with Crippen molar-refractivity contribution in [2.24, 2.45) is 5.92 Å². The highest BCUT2D eigenvalue weighted by Crippen LogP contribution is 2.37. The number of amides is 1. The number of hydrogen-bond acceptors (Lipinski definition) is 6. The Morgan fingerprint density at radius 1 is 1.16 bits per heavy atom. The molecule has 244 valence electrons. The zero-order chi connectivity index (χ0) is 31.8. The fraction of sp³-hybridized carbons (Fsp3) is 0.611. The van der Waals surface area contributed by atoms with Gasteiger partial charge in [-0.1, -0.05) is 19.9 Å². The number of carbonyl (C=O) groups excluding carboxylic acids is 1. The van der Waals surface area contributed by atoms with Crippen molar-refractivity contribution in [3.8, 4) is 11.1 Å². The van der Waals surface area contributed by atoms with Crippen molar-refractivity contribution < 1.29 is 18.7 Å². The van der Waals surface area contributed by atoms with Gasteiger partial charge in [0, 0.05) is 69.1 Å². The van der Waals surface area contributed by atoms with E-state index in [1.165, 1.54) is 43.5 Å². The Morgan fingerprint density at radius 3 is 2.62 bits per heavy atom. The number of carbonyl (C=O) groups is 1. The van der Waals surface area contributed by atoms with Gasteiger partial charge < -0.3 is 18.8 Å². The predicted molar refractivity (Wildman–Crippen MR) is 175 cm³/mol. The van der Waals surface area contributed by atoms with E-state index in [0.717, 1.165) is 48.7 Å². The second kappa shape index (κ2) is 13.5. The first-order chi connectivity index (χ1) is 21.6. The average Bonchev–Trinajstić information content (AvgIpc) is 3.71. The van der Waals surface area contributed by atoms with Crippen LogP contribution in [0.4, 0.5) is 4.39 Å². The van der Waals surface area contributed by atoms with Crippen molar-refractivity contribution in [2.45, 2.75) is 84.0 Å². The number of benzene rings is 1. The lowest BCUT2D eigenvalue weighted by Crippen LogP contribution is -2.52. The minimum Gasteiger partial charge on any atom is -0.383 e. The number of methoxy groups -OCH3 is 1. The number of rotatable bonds is 13. The van der Waals surface area contributed by atoms with E-state index >= 15 is 0 Å². The number of halogens is 1. The highest BCUT2D eigenvalue weighted by Gasteiger charge is 2.39. The van der Waals surface area contributed by atoms with Gasteiger partial charge in [-0.05, 0) is 81.8 Å². The number of imidazole rings is 1. The van der Waals surface area contributed by atoms with Crippen LogP contribution < -0.4 is 0 Å². The first-order valence-electron chi connectivity index (χ1n) is 16.8. The van der Waals surface area contributed by atoms with Gasteiger partial charge >= 0.3 is 0 Å². The molecule has 2 aromatic heterocycles. The number of morpholine rings is 1. The van der Waals surface area contributed by atoms with Gasteiger partial charge in [-0.3, -0.25) is 14.6 Å². The van der Waals surface area contributed by atoms with E-state index in [4.69, 9.17) is 9.47 Å². The second-order valence-electron chi connectivity index (χ2n) is 14.0. The maximum absolute atomic E-state index is 14.7. The number of aryl methyl sites for hydroxylation is 1. The molecule has 3 atom stereocenters. The number of fused-ring (bicyclic) bond motifs is 3. The standard InChI is InChI=1S/C36H50FN5O3/c1-23(2)34(8-7-11-39-21-30-16-29(39)22-45-30)40-18-27(19-40)26-14-32(35-17-38-25(5)42(35)20-26)31-10-9-28(37)15-33(31)36(43)41(24(3)4)12-13-44-6/h9-10,14-15,17,20,23-24,27,29-30,34H,7-8,11-13,16,18-19,21-22H2,1-6H3/t29-,30-,34+/m1/s1. The summed E-state index contributed by atoms with van der Waals surface area (Å²) in [6.07, 6.45) is 8.17. The Labute approximate surface area is 267 Å². The third kappa shape index (κ3) is 6.55. The van der Waals surface area contributed by atoms with Crippen molar-refractivity contribution in [1.29, 1.82) is 0 Å². The number of pyridine rings is 1. The monoisotopic (exact) mass is 619 g/mol. The van der Waals surface area contributed by atoms with Gasteiger partial charge in [0.25, 0.3) is 5.91 Å². The number of aromatic nitrogens is 2. The molecule has 3 fully saturated rings. The number of likely N-dealkylation sites (tertiary alicyclic amines) is 2. The van der Waals surface area contributed by atoms with E-state index in [0.29, 0.717) is 48.7 Å². The van der Waals surface area contributed by atoms with Crippen LogP contribution in [0.1, 0.15) is 74.6 Å². The molecule has 0 unspecified atom stereocenters. The van der Waals surface area contributed by atoms with Crippen LogP contribution in [0.3, 0.4) is 0 Å². The molecule has 0 radical (unpaired) electrons. The minimum absolute atomic E-state index is 0.0540. The fourth-order valence-corrected chi connectivity index (χ4v) is 7.74. The van der Waals surface area contributed by atoms with E-state index in [2.05, 4.69) is 45.3 Å². The summed E-state index contributed by atoms with van der Waals surface area (Å²) < 4.78 is 27.9. The number of hydrogen-bond donors (Lipinski definition) is 0. The summed E-state index contributed by atoms with van der Waals surface area (Å²) in [4.78, 5) is 25.6. The van der Waals surface area contributed by atoms with E-state index in [-0.39, 0.29) is 11.9 Å². The first kappa shape index (κ1) is 32.1. The maximum Gasteiger partial charge on any atom is 0.254 e. The normalized spacial score (nSPS) is 21.4. The molecular formula is C36H50FN5O3. The molecule has 45 heavy (non-hydrogen) atoms. The molecular weight excluding hydrogens is 569 g/mol. The second-order valence-corrected chi connectivity index (χ2v) is 14.0. The fourth-order valence-electron chi connectivity index (χ4n) is 7.74. The molecule has 0 aliphatic carbocycles. The lowest BCUT2D eigenvalue weighted by atomic mass is 9.85. The van der Waals surface area contributed by atoms with Gasteiger partial charge in [-0.2, -0.15) is 0 Å². The van der Waals surface area contributed by atoms with Crippen LogP contribution in [0, 0.1) is 18.7 Å². The Bertz CT molecular complexity index is 1500. The summed E-state index contributed by atoms with van der Waals surface area (Å²) in [5.41, 5.74) is 4.16. The Morgan fingerprint density at radius 2 is 1.96 bits per heavy atom. The highest BCUT2D eigenvalue weighted by molar-refractivity contribution is 6.03. The quantitative estimate of drug-likeness (QED) is 0.248. The molecule has 3 aliphatic heterocycles. The SMILES string of the molecule is COCCN(C(=O)c1cc(F)ccc1-c1cc(C2CN([C@@H](CCCN3C[C@H]4C[C@@H]3CO4)C(C)C)C2)cn2c(C)ncc12)C(C)C. The zero-order valence-electron chi connectivity index (χ0n) is 27.8. The van der Waals surface area contributed by atoms with Crippen molar-refractivity contribution in [3.05, 3.63) is 59.4 Å². The largest absolute Gasteiger partial charge is 0.383 e. The Hall–Kier alpha value is -2.85. The molecule has 3 aliphatic rings. The predicted octanol–water partition coefficient (Wildman–Crippen LogP) is 5.62. The summed E-state index contributed by atoms with van der Waals surface area (Å²) in [5.74, 6) is 1.25. The average molecular weight is 620 g/mol. The van der Waals surface area contributed by atoms with Crippen LogP contribution >= 0.6 is 0 Å². The highest BCUT2D eigenvalue weighted by atomic mass is 19.1. The summed E-state index contributed by atoms with van der Waals surface area (Å²) in [6, 6.07) is 7.93. The molecule has 8 nitrogen and oxygen atoms in total. The topological polar surface area (TPSA) is 62.5 Å². The molecule has 6 rings (SSSR count). The molecule has 3 saturated heterocycles. The lowest BCUT2D eigenvalue weighted by molar-refractivity contribution is 0.0251. The zero-order valence-corrected chi connectivity index (χ0v) is 27.8. The van der Waals surface area contributed by atoms with E-state index < -0.39 is 5.82 Å². The van der Waals surface area contributed by atoms with Crippen molar-refractivity contribution in [2.75, 3.05) is 53.0 Å². The molecule has 0 saturated carbocycles. The van der Waals surface area contributed by atoms with E-state index in [9.17, 15) is 9.18 Å². The molecule has 0 N–H and O–H groups in total. The molecule has 0 spiro atoms. The van der Waals surface area contributed by atoms with Crippen LogP contribution in [0.2, 0.25) is 0 Å². The van der Waals surface area contributed by atoms with Crippen LogP contribution in [-0.2, 0) is 9.47 Å². The first-order valence-corrected chi connectivity index (χ1v) is 16.8. The van der Waals surface area contributed by atoms with Gasteiger partial charge in [0.2, 0.25) is 0 Å². The summed E-state index contributed by atoms with van der Waals surface area (Å²) in [6.45, 7) is 16.7. The van der Waals surface area contributed by atoms with Gasteiger partial charge in [0.1, 0.15) is 11.6 Å².